The van der Waals surface area contributed by atoms with Crippen LogP contribution in [0.2, 0.25) is 5.02 Å². The van der Waals surface area contributed by atoms with Gasteiger partial charge in [0, 0.05) is 6.07 Å². The summed E-state index contributed by atoms with van der Waals surface area (Å²) in [5, 5.41) is 5.20. The molecule has 2 N–H and O–H groups in total. The number of halogens is 5. The minimum atomic E-state index is -4.57. The van der Waals surface area contributed by atoms with Crippen LogP contribution >= 0.6 is 11.6 Å². The zero-order valence-electron chi connectivity index (χ0n) is 18.7. The Hall–Kier alpha value is -3.19. The number of nitrogens with zero attached hydrogens (tertiary/aromatic N) is 3. The summed E-state index contributed by atoms with van der Waals surface area (Å²) in [7, 11) is 1.14. The standard InChI is InChI=1S/C21H20ClF4N5O3S/c1-33-19-14(31-35(2)3)7-13-17(18(19)22)20(29-10-28-13)30-12-5-4-11(23)6-15(12)34-8-16(32)27-9-21(24,25)26/h4-7,10H,8-9H2,1-3H3,(H,27,32)(H,28,29,30). The zero-order valence-corrected chi connectivity index (χ0v) is 20.2. The number of hydrogen-bond donors (Lipinski definition) is 2. The minimum absolute atomic E-state index is 0.130. The molecular formula is C21H20ClF4N5O3S. The molecule has 0 aliphatic rings. The molecule has 0 atom stereocenters. The Kier molecular flexibility index (Phi) is 8.33. The smallest absolute Gasteiger partial charge is 0.405 e. The van der Waals surface area contributed by atoms with Gasteiger partial charge in [-0.15, -0.1) is 10.7 Å². The van der Waals surface area contributed by atoms with Crippen molar-refractivity contribution in [1.29, 1.82) is 0 Å². The molecule has 188 valence electrons. The summed E-state index contributed by atoms with van der Waals surface area (Å²) in [4.78, 5) is 20.1. The molecule has 1 aromatic heterocycles. The Morgan fingerprint density at radius 3 is 2.63 bits per heavy atom. The van der Waals surface area contributed by atoms with Gasteiger partial charge in [0.25, 0.3) is 5.91 Å². The molecule has 0 spiro atoms. The lowest BCUT2D eigenvalue weighted by molar-refractivity contribution is -0.139. The lowest BCUT2D eigenvalue weighted by atomic mass is 10.2. The predicted octanol–water partition coefficient (Wildman–Crippen LogP) is 4.92. The van der Waals surface area contributed by atoms with Crippen LogP contribution in [0.4, 0.5) is 34.8 Å². The molecule has 0 saturated heterocycles. The van der Waals surface area contributed by atoms with Gasteiger partial charge in [-0.2, -0.15) is 13.2 Å². The monoisotopic (exact) mass is 533 g/mol. The van der Waals surface area contributed by atoms with Crippen molar-refractivity contribution in [3.05, 3.63) is 41.4 Å². The van der Waals surface area contributed by atoms with Gasteiger partial charge in [-0.25, -0.2) is 18.7 Å². The number of anilines is 2. The second-order valence-electron chi connectivity index (χ2n) is 7.17. The van der Waals surface area contributed by atoms with Crippen LogP contribution < -0.4 is 20.1 Å². The van der Waals surface area contributed by atoms with E-state index in [0.29, 0.717) is 22.3 Å². The number of fused-ring (bicyclic) bond motifs is 1. The minimum Gasteiger partial charge on any atom is -0.493 e. The molecule has 8 nitrogen and oxygen atoms in total. The molecule has 0 bridgehead atoms. The third-order valence-corrected chi connectivity index (χ3v) is 5.25. The number of carbonyl (C=O) groups excluding carboxylic acids is 1. The number of ether oxygens (including phenoxy) is 2. The fourth-order valence-electron chi connectivity index (χ4n) is 2.94. The number of amides is 1. The van der Waals surface area contributed by atoms with Crippen molar-refractivity contribution in [1.82, 2.24) is 15.3 Å². The van der Waals surface area contributed by atoms with E-state index in [0.717, 1.165) is 12.1 Å². The van der Waals surface area contributed by atoms with Gasteiger partial charge in [0.15, 0.2) is 12.4 Å². The summed E-state index contributed by atoms with van der Waals surface area (Å²) in [6.45, 7) is -2.28. The van der Waals surface area contributed by atoms with Crippen LogP contribution in [0.3, 0.4) is 0 Å². The van der Waals surface area contributed by atoms with Crippen molar-refractivity contribution >= 4 is 56.3 Å². The number of nitrogens with one attached hydrogen (secondary N) is 2. The van der Waals surface area contributed by atoms with E-state index in [1.54, 1.807) is 11.4 Å². The number of rotatable bonds is 8. The maximum absolute atomic E-state index is 13.8. The van der Waals surface area contributed by atoms with Crippen molar-refractivity contribution < 1.29 is 31.8 Å². The number of aromatic nitrogens is 2. The fourth-order valence-corrected chi connectivity index (χ4v) is 3.83. The van der Waals surface area contributed by atoms with Gasteiger partial charge in [-0.05, 0) is 30.7 Å². The molecule has 14 heteroatoms. The summed E-state index contributed by atoms with van der Waals surface area (Å²) in [6, 6.07) is 5.12. The number of carbonyl (C=O) groups is 1. The van der Waals surface area contributed by atoms with Gasteiger partial charge in [-0.1, -0.05) is 11.6 Å². The number of alkyl halides is 3. The van der Waals surface area contributed by atoms with Crippen molar-refractivity contribution in [3.8, 4) is 11.5 Å². The highest BCUT2D eigenvalue weighted by Gasteiger charge is 2.27. The molecule has 0 unspecified atom stereocenters. The molecule has 0 aliphatic carbocycles. The van der Waals surface area contributed by atoms with E-state index in [2.05, 4.69) is 19.6 Å². The first-order chi connectivity index (χ1) is 16.5. The van der Waals surface area contributed by atoms with E-state index in [1.807, 2.05) is 12.5 Å². The predicted molar refractivity (Wildman–Crippen MR) is 127 cm³/mol. The summed E-state index contributed by atoms with van der Waals surface area (Å²) < 4.78 is 65.9. The topological polar surface area (TPSA) is 97.7 Å². The lowest BCUT2D eigenvalue weighted by Gasteiger charge is -2.16. The maximum Gasteiger partial charge on any atom is 0.405 e. The van der Waals surface area contributed by atoms with Gasteiger partial charge < -0.3 is 20.1 Å². The van der Waals surface area contributed by atoms with E-state index < -0.39 is 31.1 Å². The Balaban J connectivity index is 1.94. The van der Waals surface area contributed by atoms with E-state index >= 15 is 0 Å². The maximum atomic E-state index is 13.8. The first-order valence-corrected chi connectivity index (χ1v) is 12.2. The normalized spacial score (nSPS) is 11.5. The van der Waals surface area contributed by atoms with E-state index in [-0.39, 0.29) is 33.0 Å². The van der Waals surface area contributed by atoms with E-state index in [1.165, 1.54) is 19.5 Å². The average molecular weight is 534 g/mol. The number of hydrogen-bond acceptors (Lipinski definition) is 7. The average Bonchev–Trinajstić information content (AvgIpc) is 2.77. The Labute approximate surface area is 205 Å². The zero-order chi connectivity index (χ0) is 25.8. The third kappa shape index (κ3) is 6.92. The van der Waals surface area contributed by atoms with Crippen LogP contribution in [-0.4, -0.2) is 54.8 Å². The Morgan fingerprint density at radius 2 is 1.97 bits per heavy atom. The summed E-state index contributed by atoms with van der Waals surface area (Å²) in [6.07, 6.45) is 0.551. The largest absolute Gasteiger partial charge is 0.493 e. The Morgan fingerprint density at radius 1 is 1.23 bits per heavy atom. The van der Waals surface area contributed by atoms with Crippen molar-refractivity contribution in [2.24, 2.45) is 4.36 Å². The van der Waals surface area contributed by atoms with E-state index in [9.17, 15) is 22.4 Å². The highest BCUT2D eigenvalue weighted by Crippen LogP contribution is 2.43. The molecule has 2 aromatic carbocycles. The first kappa shape index (κ1) is 26.4. The molecule has 3 aromatic rings. The van der Waals surface area contributed by atoms with Gasteiger partial charge in [-0.3, -0.25) is 4.79 Å². The molecular weight excluding hydrogens is 514 g/mol. The fraction of sp³-hybridized carbons (Fsp3) is 0.286. The van der Waals surface area contributed by atoms with Gasteiger partial charge in [0.1, 0.15) is 35.9 Å². The molecule has 0 radical (unpaired) electrons. The van der Waals surface area contributed by atoms with Crippen molar-refractivity contribution in [2.45, 2.75) is 6.18 Å². The molecule has 35 heavy (non-hydrogen) atoms. The molecule has 1 amide bonds. The quantitative estimate of drug-likeness (QED) is 0.399. The van der Waals surface area contributed by atoms with Crippen LogP contribution in [0, 0.1) is 5.82 Å². The van der Waals surface area contributed by atoms with Gasteiger partial charge in [0.2, 0.25) is 0 Å². The number of benzene rings is 2. The van der Waals surface area contributed by atoms with Crippen molar-refractivity contribution in [2.75, 3.05) is 38.1 Å². The van der Waals surface area contributed by atoms with Gasteiger partial charge >= 0.3 is 6.18 Å². The van der Waals surface area contributed by atoms with Crippen LogP contribution in [-0.2, 0) is 15.5 Å². The highest BCUT2D eigenvalue weighted by molar-refractivity contribution is 7.85. The second-order valence-corrected chi connectivity index (χ2v) is 9.28. The lowest BCUT2D eigenvalue weighted by Crippen LogP contribution is -2.36. The van der Waals surface area contributed by atoms with Crippen LogP contribution in [0.15, 0.2) is 35.0 Å². The van der Waals surface area contributed by atoms with E-state index in [4.69, 9.17) is 21.1 Å². The highest BCUT2D eigenvalue weighted by atomic mass is 35.5. The number of methoxy groups -OCH3 is 1. The van der Waals surface area contributed by atoms with Crippen molar-refractivity contribution in [3.63, 3.8) is 0 Å². The molecule has 0 fully saturated rings. The van der Waals surface area contributed by atoms with Crippen LogP contribution in [0.5, 0.6) is 11.5 Å². The summed E-state index contributed by atoms with van der Waals surface area (Å²) >= 11 is 6.60. The molecule has 1 heterocycles. The Bertz CT molecular complexity index is 1290. The summed E-state index contributed by atoms with van der Waals surface area (Å²) in [5.41, 5.74) is 1.15. The SMILES string of the molecule is COc1c(N=S(C)C)cc2ncnc(Nc3ccc(F)cc3OCC(=O)NCC(F)(F)F)c2c1Cl. The third-order valence-electron chi connectivity index (χ3n) is 4.33. The second kappa shape index (κ2) is 11.0. The molecule has 0 aliphatic heterocycles. The van der Waals surface area contributed by atoms with Gasteiger partial charge in [0.05, 0.1) is 28.7 Å². The van der Waals surface area contributed by atoms with Crippen LogP contribution in [0.1, 0.15) is 0 Å². The molecule has 0 saturated carbocycles. The first-order valence-electron chi connectivity index (χ1n) is 9.82. The molecule has 3 rings (SSSR count). The van der Waals surface area contributed by atoms with Crippen LogP contribution in [0.25, 0.3) is 10.9 Å². The summed E-state index contributed by atoms with van der Waals surface area (Å²) in [5.74, 6) is -1.31.